The van der Waals surface area contributed by atoms with Crippen LogP contribution in [0.15, 0.2) is 0 Å². The van der Waals surface area contributed by atoms with Crippen molar-refractivity contribution in [2.45, 2.75) is 39.2 Å². The molecule has 0 bridgehead atoms. The molecule has 0 amide bonds. The molecule has 2 unspecified atom stereocenters. The Bertz CT molecular complexity index is 138. The first-order valence-electron chi connectivity index (χ1n) is 4.41. The largest absolute Gasteiger partial charge is 0.393 e. The standard InChI is InChI=1S/C8H17NO3/c1-3-5-8(10)7(4-2)6-9(11)12/h7-8,10H,3-6H2,1-2H3. The molecule has 4 nitrogen and oxygen atoms in total. The van der Waals surface area contributed by atoms with E-state index in [0.29, 0.717) is 12.8 Å². The van der Waals surface area contributed by atoms with Crippen LogP contribution in [0, 0.1) is 16.0 Å². The van der Waals surface area contributed by atoms with Crippen molar-refractivity contribution >= 4 is 0 Å². The van der Waals surface area contributed by atoms with Crippen LogP contribution in [0.25, 0.3) is 0 Å². The topological polar surface area (TPSA) is 63.4 Å². The Labute approximate surface area is 72.7 Å². The van der Waals surface area contributed by atoms with Gasteiger partial charge in [-0.3, -0.25) is 10.1 Å². The molecule has 0 aromatic carbocycles. The van der Waals surface area contributed by atoms with Gasteiger partial charge in [-0.2, -0.15) is 0 Å². The first-order chi connectivity index (χ1) is 5.61. The van der Waals surface area contributed by atoms with Crippen LogP contribution in [-0.2, 0) is 0 Å². The maximum Gasteiger partial charge on any atom is 0.209 e. The van der Waals surface area contributed by atoms with Gasteiger partial charge in [0.25, 0.3) is 0 Å². The minimum absolute atomic E-state index is 0.113. The Balaban J connectivity index is 3.86. The SMILES string of the molecule is CCCC(O)C(CC)C[N+](=O)[O-]. The highest BCUT2D eigenvalue weighted by Crippen LogP contribution is 2.13. The molecule has 72 valence electrons. The lowest BCUT2D eigenvalue weighted by Gasteiger charge is -2.16. The van der Waals surface area contributed by atoms with E-state index in [-0.39, 0.29) is 17.4 Å². The van der Waals surface area contributed by atoms with Crippen molar-refractivity contribution in [1.29, 1.82) is 0 Å². The van der Waals surface area contributed by atoms with Crippen molar-refractivity contribution in [3.05, 3.63) is 10.1 Å². The van der Waals surface area contributed by atoms with E-state index in [4.69, 9.17) is 0 Å². The van der Waals surface area contributed by atoms with Gasteiger partial charge in [0.1, 0.15) is 0 Å². The molecule has 4 heteroatoms. The molecule has 0 heterocycles. The van der Waals surface area contributed by atoms with Gasteiger partial charge in [-0.1, -0.05) is 20.3 Å². The molecule has 0 saturated heterocycles. The van der Waals surface area contributed by atoms with Crippen LogP contribution in [-0.4, -0.2) is 22.7 Å². The Hall–Kier alpha value is -0.640. The highest BCUT2D eigenvalue weighted by Gasteiger charge is 2.21. The Morgan fingerprint density at radius 2 is 2.08 bits per heavy atom. The van der Waals surface area contributed by atoms with Crippen molar-refractivity contribution in [2.24, 2.45) is 5.92 Å². The van der Waals surface area contributed by atoms with Crippen LogP contribution >= 0.6 is 0 Å². The molecule has 0 radical (unpaired) electrons. The molecule has 0 aliphatic rings. The number of nitro groups is 1. The minimum atomic E-state index is -0.509. The molecule has 0 aromatic heterocycles. The molecular formula is C8H17NO3. The summed E-state index contributed by atoms with van der Waals surface area (Å²) in [6, 6.07) is 0. The highest BCUT2D eigenvalue weighted by molar-refractivity contribution is 4.65. The summed E-state index contributed by atoms with van der Waals surface area (Å²) in [4.78, 5) is 9.82. The number of hydrogen-bond donors (Lipinski definition) is 1. The quantitative estimate of drug-likeness (QED) is 0.491. The average Bonchev–Trinajstić information content (AvgIpc) is 2.00. The summed E-state index contributed by atoms with van der Waals surface area (Å²) in [7, 11) is 0. The number of rotatable bonds is 6. The molecule has 12 heavy (non-hydrogen) atoms. The fourth-order valence-corrected chi connectivity index (χ4v) is 1.25. The third kappa shape index (κ3) is 4.28. The van der Waals surface area contributed by atoms with E-state index in [0.717, 1.165) is 6.42 Å². The van der Waals surface area contributed by atoms with Gasteiger partial charge in [-0.05, 0) is 12.8 Å². The monoisotopic (exact) mass is 175 g/mol. The van der Waals surface area contributed by atoms with Gasteiger partial charge in [-0.15, -0.1) is 0 Å². The molecule has 2 atom stereocenters. The Kier molecular flexibility index (Phi) is 5.62. The van der Waals surface area contributed by atoms with Gasteiger partial charge >= 0.3 is 0 Å². The fourth-order valence-electron chi connectivity index (χ4n) is 1.25. The van der Waals surface area contributed by atoms with Crippen molar-refractivity contribution in [3.8, 4) is 0 Å². The average molecular weight is 175 g/mol. The molecule has 0 spiro atoms. The first-order valence-corrected chi connectivity index (χ1v) is 4.41. The minimum Gasteiger partial charge on any atom is -0.393 e. The summed E-state index contributed by atoms with van der Waals surface area (Å²) in [5, 5.41) is 19.6. The molecule has 0 aliphatic carbocycles. The number of aliphatic hydroxyl groups is 1. The molecular weight excluding hydrogens is 158 g/mol. The lowest BCUT2D eigenvalue weighted by Crippen LogP contribution is -2.26. The van der Waals surface area contributed by atoms with E-state index in [2.05, 4.69) is 0 Å². The van der Waals surface area contributed by atoms with E-state index in [1.807, 2.05) is 13.8 Å². The van der Waals surface area contributed by atoms with Crippen LogP contribution in [0.1, 0.15) is 33.1 Å². The third-order valence-electron chi connectivity index (χ3n) is 2.04. The van der Waals surface area contributed by atoms with Crippen LogP contribution in [0.4, 0.5) is 0 Å². The van der Waals surface area contributed by atoms with Crippen molar-refractivity contribution in [2.75, 3.05) is 6.54 Å². The molecule has 0 saturated carbocycles. The normalized spacial score (nSPS) is 15.6. The summed E-state index contributed by atoms with van der Waals surface area (Å²) in [6.07, 6.45) is 1.69. The second kappa shape index (κ2) is 5.94. The second-order valence-electron chi connectivity index (χ2n) is 3.04. The smallest absolute Gasteiger partial charge is 0.209 e. The van der Waals surface area contributed by atoms with Crippen molar-refractivity contribution < 1.29 is 10.0 Å². The van der Waals surface area contributed by atoms with E-state index < -0.39 is 6.10 Å². The Morgan fingerprint density at radius 1 is 1.50 bits per heavy atom. The van der Waals surface area contributed by atoms with Crippen LogP contribution in [0.2, 0.25) is 0 Å². The highest BCUT2D eigenvalue weighted by atomic mass is 16.6. The fraction of sp³-hybridized carbons (Fsp3) is 1.00. The van der Waals surface area contributed by atoms with Crippen molar-refractivity contribution in [1.82, 2.24) is 0 Å². The lowest BCUT2D eigenvalue weighted by molar-refractivity contribution is -0.490. The van der Waals surface area contributed by atoms with Gasteiger partial charge < -0.3 is 5.11 Å². The molecule has 0 aliphatic heterocycles. The summed E-state index contributed by atoms with van der Waals surface area (Å²) < 4.78 is 0. The zero-order valence-corrected chi connectivity index (χ0v) is 7.69. The van der Waals surface area contributed by atoms with E-state index in [1.54, 1.807) is 0 Å². The van der Waals surface area contributed by atoms with Gasteiger partial charge in [0.05, 0.1) is 6.10 Å². The maximum absolute atomic E-state index is 10.2. The lowest BCUT2D eigenvalue weighted by atomic mass is 9.96. The third-order valence-corrected chi connectivity index (χ3v) is 2.04. The predicted molar refractivity (Wildman–Crippen MR) is 46.6 cm³/mol. The second-order valence-corrected chi connectivity index (χ2v) is 3.04. The number of hydrogen-bond acceptors (Lipinski definition) is 3. The zero-order chi connectivity index (χ0) is 9.56. The summed E-state index contributed by atoms with van der Waals surface area (Å²) in [5.41, 5.74) is 0. The summed E-state index contributed by atoms with van der Waals surface area (Å²) >= 11 is 0. The van der Waals surface area contributed by atoms with Crippen LogP contribution in [0.3, 0.4) is 0 Å². The van der Waals surface area contributed by atoms with Crippen LogP contribution < -0.4 is 0 Å². The molecule has 0 fully saturated rings. The van der Waals surface area contributed by atoms with Gasteiger partial charge in [0, 0.05) is 10.8 Å². The van der Waals surface area contributed by atoms with Gasteiger partial charge in [0.2, 0.25) is 6.54 Å². The predicted octanol–water partition coefficient (Wildman–Crippen LogP) is 1.45. The van der Waals surface area contributed by atoms with Gasteiger partial charge in [-0.25, -0.2) is 0 Å². The van der Waals surface area contributed by atoms with Crippen LogP contribution in [0.5, 0.6) is 0 Å². The first kappa shape index (κ1) is 11.4. The summed E-state index contributed by atoms with van der Waals surface area (Å²) in [5.74, 6) is -0.181. The number of nitrogens with zero attached hydrogens (tertiary/aromatic N) is 1. The molecule has 0 rings (SSSR count). The van der Waals surface area contributed by atoms with Gasteiger partial charge in [0.15, 0.2) is 0 Å². The van der Waals surface area contributed by atoms with E-state index in [1.165, 1.54) is 0 Å². The van der Waals surface area contributed by atoms with E-state index in [9.17, 15) is 15.2 Å². The molecule has 0 aromatic rings. The number of aliphatic hydroxyl groups excluding tert-OH is 1. The maximum atomic E-state index is 10.2. The van der Waals surface area contributed by atoms with E-state index >= 15 is 0 Å². The Morgan fingerprint density at radius 3 is 2.42 bits per heavy atom. The van der Waals surface area contributed by atoms with Crippen molar-refractivity contribution in [3.63, 3.8) is 0 Å². The zero-order valence-electron chi connectivity index (χ0n) is 7.69. The summed E-state index contributed by atoms with van der Waals surface area (Å²) in [6.45, 7) is 3.72. The molecule has 1 N–H and O–H groups in total.